The zero-order chi connectivity index (χ0) is 14.3. The van der Waals surface area contributed by atoms with Gasteiger partial charge in [0.05, 0.1) is 14.2 Å². The Balaban J connectivity index is 2.48. The third kappa shape index (κ3) is 2.02. The Hall–Kier alpha value is -2.12. The summed E-state index contributed by atoms with van der Waals surface area (Å²) in [5, 5.41) is 6.13. The van der Waals surface area contributed by atoms with Crippen molar-refractivity contribution in [1.29, 1.82) is 0 Å². The van der Waals surface area contributed by atoms with E-state index in [1.807, 2.05) is 0 Å². The summed E-state index contributed by atoms with van der Waals surface area (Å²) in [5.74, 6) is -0.676. The average Bonchev–Trinajstić information content (AvgIpc) is 3.18. The minimum atomic E-state index is -4.64. The molecule has 1 aliphatic heterocycles. The second-order valence-electron chi connectivity index (χ2n) is 3.78. The maximum absolute atomic E-state index is 12.8. The van der Waals surface area contributed by atoms with E-state index in [1.165, 1.54) is 19.2 Å². The second kappa shape index (κ2) is 4.22. The summed E-state index contributed by atoms with van der Waals surface area (Å²) in [5.41, 5.74) is -2.92. The van der Waals surface area contributed by atoms with Gasteiger partial charge in [0.1, 0.15) is 11.3 Å². The third-order valence-electron chi connectivity index (χ3n) is 2.70. The lowest BCUT2D eigenvalue weighted by Gasteiger charge is -2.16. The molecule has 2 rings (SSSR count). The van der Waals surface area contributed by atoms with Crippen molar-refractivity contribution in [2.75, 3.05) is 14.2 Å². The third-order valence-corrected chi connectivity index (χ3v) is 2.70. The molecule has 0 bridgehead atoms. The highest BCUT2D eigenvalue weighted by molar-refractivity contribution is 5.92. The zero-order valence-corrected chi connectivity index (χ0v) is 9.99. The number of nitrogens with zero attached hydrogens (tertiary/aromatic N) is 2. The van der Waals surface area contributed by atoms with E-state index in [0.717, 1.165) is 13.2 Å². The summed E-state index contributed by atoms with van der Waals surface area (Å²) >= 11 is 0. The molecule has 0 spiro atoms. The van der Waals surface area contributed by atoms with Crippen LogP contribution in [0.25, 0.3) is 0 Å². The molecule has 102 valence electrons. The van der Waals surface area contributed by atoms with E-state index in [-0.39, 0.29) is 16.9 Å². The van der Waals surface area contributed by atoms with Gasteiger partial charge >= 0.3 is 17.8 Å². The Morgan fingerprint density at radius 2 is 1.89 bits per heavy atom. The first-order valence-corrected chi connectivity index (χ1v) is 5.13. The van der Waals surface area contributed by atoms with Crippen molar-refractivity contribution in [1.82, 2.24) is 0 Å². The van der Waals surface area contributed by atoms with Gasteiger partial charge in [-0.1, -0.05) is 6.07 Å². The molecule has 0 fully saturated rings. The highest BCUT2D eigenvalue weighted by Gasteiger charge is 2.65. The number of carbonyl (C=O) groups excluding carboxylic acids is 1. The number of alkyl halides is 3. The number of rotatable bonds is 3. The molecule has 8 heteroatoms. The van der Waals surface area contributed by atoms with E-state index in [2.05, 4.69) is 15.0 Å². The molecule has 1 aromatic rings. The minimum absolute atomic E-state index is 0.108. The van der Waals surface area contributed by atoms with Gasteiger partial charge in [-0.25, -0.2) is 4.79 Å². The van der Waals surface area contributed by atoms with Gasteiger partial charge in [0.15, 0.2) is 0 Å². The van der Waals surface area contributed by atoms with Gasteiger partial charge in [-0.2, -0.15) is 13.2 Å². The van der Waals surface area contributed by atoms with Gasteiger partial charge in [0.2, 0.25) is 0 Å². The molecular formula is C11H9F3N2O3. The van der Waals surface area contributed by atoms with Gasteiger partial charge in [-0.15, -0.1) is 10.2 Å². The number of benzene rings is 1. The highest BCUT2D eigenvalue weighted by Crippen LogP contribution is 2.52. The first kappa shape index (κ1) is 13.3. The van der Waals surface area contributed by atoms with E-state index in [0.29, 0.717) is 0 Å². The van der Waals surface area contributed by atoms with E-state index in [1.54, 1.807) is 0 Å². The number of hydrogen-bond acceptors (Lipinski definition) is 5. The maximum Gasteiger partial charge on any atom is 0.442 e. The van der Waals surface area contributed by atoms with Crippen LogP contribution in [0.5, 0.6) is 5.75 Å². The van der Waals surface area contributed by atoms with Crippen LogP contribution in [0, 0.1) is 0 Å². The monoisotopic (exact) mass is 274 g/mol. The summed E-state index contributed by atoms with van der Waals surface area (Å²) in [4.78, 5) is 11.5. The molecule has 0 saturated heterocycles. The lowest BCUT2D eigenvalue weighted by molar-refractivity contribution is -0.166. The largest absolute Gasteiger partial charge is 0.496 e. The van der Waals surface area contributed by atoms with Crippen LogP contribution in [0.1, 0.15) is 15.9 Å². The first-order chi connectivity index (χ1) is 8.85. The number of esters is 1. The van der Waals surface area contributed by atoms with E-state index in [4.69, 9.17) is 4.74 Å². The molecule has 5 nitrogen and oxygen atoms in total. The van der Waals surface area contributed by atoms with Crippen molar-refractivity contribution in [3.63, 3.8) is 0 Å². The molecular weight excluding hydrogens is 265 g/mol. The van der Waals surface area contributed by atoms with Crippen molar-refractivity contribution in [3.8, 4) is 5.75 Å². The molecule has 1 aromatic carbocycles. The Morgan fingerprint density at radius 1 is 1.26 bits per heavy atom. The normalized spacial score (nSPS) is 16.1. The Bertz CT molecular complexity index is 549. The van der Waals surface area contributed by atoms with Crippen LogP contribution >= 0.6 is 0 Å². The van der Waals surface area contributed by atoms with Gasteiger partial charge in [-0.05, 0) is 12.1 Å². The van der Waals surface area contributed by atoms with Crippen molar-refractivity contribution >= 4 is 5.97 Å². The molecule has 0 N–H and O–H groups in total. The molecule has 0 radical (unpaired) electrons. The lowest BCUT2D eigenvalue weighted by Crippen LogP contribution is -2.30. The van der Waals surface area contributed by atoms with Crippen molar-refractivity contribution < 1.29 is 27.4 Å². The SMILES string of the molecule is COC(=O)c1cc(C2(C(F)(F)F)N=N2)ccc1OC. The molecule has 1 heterocycles. The Morgan fingerprint density at radius 3 is 2.32 bits per heavy atom. The lowest BCUT2D eigenvalue weighted by atomic mass is 10.00. The van der Waals surface area contributed by atoms with Crippen LogP contribution < -0.4 is 4.74 Å². The van der Waals surface area contributed by atoms with Crippen LogP contribution in [-0.2, 0) is 10.4 Å². The summed E-state index contributed by atoms with van der Waals surface area (Å²) in [6, 6.07) is 3.44. The van der Waals surface area contributed by atoms with Crippen LogP contribution in [0.15, 0.2) is 28.4 Å². The summed E-state index contributed by atoms with van der Waals surface area (Å²) in [6.45, 7) is 0. The molecule has 1 aliphatic rings. The molecule has 0 aliphatic carbocycles. The van der Waals surface area contributed by atoms with E-state index < -0.39 is 17.8 Å². The number of methoxy groups -OCH3 is 2. The Labute approximate surface area is 106 Å². The van der Waals surface area contributed by atoms with Gasteiger partial charge in [0, 0.05) is 5.56 Å². The summed E-state index contributed by atoms with van der Waals surface area (Å²) in [7, 11) is 2.42. The first-order valence-electron chi connectivity index (χ1n) is 5.13. The van der Waals surface area contributed by atoms with Crippen molar-refractivity contribution in [2.24, 2.45) is 10.2 Å². The number of ether oxygens (including phenoxy) is 2. The van der Waals surface area contributed by atoms with Gasteiger partial charge in [-0.3, -0.25) is 0 Å². The number of hydrogen-bond donors (Lipinski definition) is 0. The number of carbonyl (C=O) groups is 1. The fourth-order valence-corrected chi connectivity index (χ4v) is 1.64. The Kier molecular flexibility index (Phi) is 2.95. The topological polar surface area (TPSA) is 60.2 Å². The fraction of sp³-hybridized carbons (Fsp3) is 0.364. The van der Waals surface area contributed by atoms with Crippen LogP contribution in [0.2, 0.25) is 0 Å². The minimum Gasteiger partial charge on any atom is -0.496 e. The molecule has 0 atom stereocenters. The van der Waals surface area contributed by atoms with Crippen LogP contribution in [-0.4, -0.2) is 26.4 Å². The molecule has 0 amide bonds. The van der Waals surface area contributed by atoms with Crippen molar-refractivity contribution in [3.05, 3.63) is 29.3 Å². The zero-order valence-electron chi connectivity index (χ0n) is 9.99. The standard InChI is InChI=1S/C11H9F3N2O3/c1-18-8-4-3-6(5-7(8)9(17)19-2)10(15-16-10)11(12,13)14/h3-5H,1-2H3. The predicted octanol–water partition coefficient (Wildman–Crippen LogP) is 2.66. The smallest absolute Gasteiger partial charge is 0.442 e. The fourth-order valence-electron chi connectivity index (χ4n) is 1.64. The predicted molar refractivity (Wildman–Crippen MR) is 56.9 cm³/mol. The van der Waals surface area contributed by atoms with Crippen LogP contribution in [0.4, 0.5) is 13.2 Å². The van der Waals surface area contributed by atoms with Gasteiger partial charge < -0.3 is 9.47 Å². The summed E-state index contributed by atoms with van der Waals surface area (Å²) in [6.07, 6.45) is -4.64. The quantitative estimate of drug-likeness (QED) is 0.796. The maximum atomic E-state index is 12.8. The molecule has 0 aromatic heterocycles. The average molecular weight is 274 g/mol. The molecule has 0 saturated carbocycles. The number of halogens is 3. The van der Waals surface area contributed by atoms with E-state index in [9.17, 15) is 18.0 Å². The second-order valence-corrected chi connectivity index (χ2v) is 3.78. The van der Waals surface area contributed by atoms with Crippen LogP contribution in [0.3, 0.4) is 0 Å². The van der Waals surface area contributed by atoms with Crippen molar-refractivity contribution in [2.45, 2.75) is 11.8 Å². The molecule has 19 heavy (non-hydrogen) atoms. The molecule has 0 unspecified atom stereocenters. The van der Waals surface area contributed by atoms with Gasteiger partial charge in [0.25, 0.3) is 0 Å². The van der Waals surface area contributed by atoms with E-state index >= 15 is 0 Å². The summed E-state index contributed by atoms with van der Waals surface area (Å²) < 4.78 is 47.9. The highest BCUT2D eigenvalue weighted by atomic mass is 19.4.